The van der Waals surface area contributed by atoms with Crippen LogP contribution in [-0.4, -0.2) is 109 Å². The number of aliphatic hydroxyl groups excluding tert-OH is 1. The molecule has 3 aliphatic rings. The molecule has 0 aromatic heterocycles. The highest BCUT2D eigenvalue weighted by Crippen LogP contribution is 2.32. The van der Waals surface area contributed by atoms with Crippen LogP contribution in [0.15, 0.2) is 42.5 Å². The maximum Gasteiger partial charge on any atom is 0.318 e. The van der Waals surface area contributed by atoms with Gasteiger partial charge < -0.3 is 30.0 Å². The molecule has 2 N–H and O–H groups in total. The summed E-state index contributed by atoms with van der Waals surface area (Å²) in [6, 6.07) is 12.6. The molecule has 2 fully saturated rings. The lowest BCUT2D eigenvalue weighted by Gasteiger charge is -2.34. The van der Waals surface area contributed by atoms with Crippen LogP contribution < -0.4 is 15.1 Å². The van der Waals surface area contributed by atoms with E-state index in [-0.39, 0.29) is 43.6 Å². The summed E-state index contributed by atoms with van der Waals surface area (Å²) in [5.74, 6) is -0.339. The number of anilines is 2. The van der Waals surface area contributed by atoms with E-state index in [1.54, 1.807) is 20.8 Å². The first-order valence-corrected chi connectivity index (χ1v) is 14.8. The molecule has 3 heterocycles. The quantitative estimate of drug-likeness (QED) is 0.543. The summed E-state index contributed by atoms with van der Waals surface area (Å²) in [6.45, 7) is 7.64. The molecule has 5 rings (SSSR count). The molecular weight excluding hydrogens is 544 g/mol. The van der Waals surface area contributed by atoms with Gasteiger partial charge in [-0.15, -0.1) is 0 Å². The summed E-state index contributed by atoms with van der Waals surface area (Å²) in [5, 5.41) is 12.3. The molecule has 0 radical (unpaired) electrons. The average Bonchev–Trinajstić information content (AvgIpc) is 3.48. The molecule has 10 nitrogen and oxygen atoms in total. The molecule has 2 aromatic rings. The fraction of sp³-hybridized carbons (Fsp3) is 0.500. The first-order valence-electron chi connectivity index (χ1n) is 14.5. The van der Waals surface area contributed by atoms with Gasteiger partial charge in [0.2, 0.25) is 5.91 Å². The lowest BCUT2D eigenvalue weighted by Crippen LogP contribution is -2.53. The summed E-state index contributed by atoms with van der Waals surface area (Å²) in [7, 11) is 0. The van der Waals surface area contributed by atoms with Crippen LogP contribution in [0.25, 0.3) is 0 Å². The molecule has 2 saturated heterocycles. The van der Waals surface area contributed by atoms with Gasteiger partial charge in [0.15, 0.2) is 0 Å². The lowest BCUT2D eigenvalue weighted by atomic mass is 10.1. The Bertz CT molecular complexity index is 1260. The number of nitrogens with one attached hydrogen (secondary N) is 1. The number of piperazine rings is 1. The number of nitrogens with zero attached hydrogens (tertiary/aromatic N) is 5. The Morgan fingerprint density at radius 3 is 2.44 bits per heavy atom. The summed E-state index contributed by atoms with van der Waals surface area (Å²) in [5.41, 5.74) is 3.05. The number of hydrogen-bond donors (Lipinski definition) is 2. The van der Waals surface area contributed by atoms with Crippen molar-refractivity contribution < 1.29 is 19.5 Å². The number of fused-ring (bicyclic) bond motifs is 1. The molecule has 0 spiro atoms. The van der Waals surface area contributed by atoms with E-state index < -0.39 is 0 Å². The van der Waals surface area contributed by atoms with Gasteiger partial charge in [-0.05, 0) is 49.6 Å². The molecule has 4 amide bonds. The Morgan fingerprint density at radius 1 is 1.00 bits per heavy atom. The standard InChI is InChI=1S/C30H39ClN6O4/c1-22-20-37(29(40)25-9-8-24(18-26(25)31)34-10-4-5-11-34)27-7-3-2-6-23(27)21-36(22)30(41)32-19-28(39)35-14-12-33(13-15-35)16-17-38/h2-3,6-9,18,22,38H,4-5,10-17,19-21H2,1H3,(H,32,41)/t22-/m1/s1. The predicted octanol–water partition coefficient (Wildman–Crippen LogP) is 2.64. The van der Waals surface area contributed by atoms with Crippen molar-refractivity contribution in [2.75, 3.05) is 75.3 Å². The molecule has 0 unspecified atom stereocenters. The van der Waals surface area contributed by atoms with Crippen molar-refractivity contribution in [2.24, 2.45) is 0 Å². The topological polar surface area (TPSA) is 99.7 Å². The number of hydrogen-bond acceptors (Lipinski definition) is 6. The molecule has 2 aromatic carbocycles. The number of urea groups is 1. The van der Waals surface area contributed by atoms with E-state index >= 15 is 0 Å². The van der Waals surface area contributed by atoms with Gasteiger partial charge in [-0.2, -0.15) is 0 Å². The van der Waals surface area contributed by atoms with Crippen molar-refractivity contribution in [3.05, 3.63) is 58.6 Å². The van der Waals surface area contributed by atoms with Crippen molar-refractivity contribution >= 4 is 40.8 Å². The molecule has 0 saturated carbocycles. The number of para-hydroxylation sites is 1. The summed E-state index contributed by atoms with van der Waals surface area (Å²) < 4.78 is 0. The van der Waals surface area contributed by atoms with Crippen LogP contribution in [0.2, 0.25) is 5.02 Å². The Hall–Kier alpha value is -3.34. The van der Waals surface area contributed by atoms with Crippen molar-refractivity contribution in [3.8, 4) is 0 Å². The highest BCUT2D eigenvalue weighted by atomic mass is 35.5. The van der Waals surface area contributed by atoms with Crippen LogP contribution in [0.5, 0.6) is 0 Å². The van der Waals surface area contributed by atoms with E-state index in [0.717, 1.165) is 42.9 Å². The molecule has 11 heteroatoms. The maximum atomic E-state index is 13.9. The summed E-state index contributed by atoms with van der Waals surface area (Å²) in [6.07, 6.45) is 2.31. The second kappa shape index (κ2) is 13.1. The monoisotopic (exact) mass is 582 g/mol. The van der Waals surface area contributed by atoms with Crippen LogP contribution >= 0.6 is 11.6 Å². The average molecular weight is 583 g/mol. The van der Waals surface area contributed by atoms with E-state index in [1.165, 1.54) is 0 Å². The number of rotatable bonds is 6. The minimum absolute atomic E-state index is 0.0919. The van der Waals surface area contributed by atoms with Gasteiger partial charge in [0.1, 0.15) is 0 Å². The smallest absolute Gasteiger partial charge is 0.318 e. The molecule has 41 heavy (non-hydrogen) atoms. The first-order chi connectivity index (χ1) is 19.9. The minimum Gasteiger partial charge on any atom is -0.395 e. The first kappa shape index (κ1) is 29.2. The van der Waals surface area contributed by atoms with Crippen LogP contribution in [-0.2, 0) is 11.3 Å². The van der Waals surface area contributed by atoms with E-state index in [4.69, 9.17) is 16.7 Å². The molecule has 0 aliphatic carbocycles. The van der Waals surface area contributed by atoms with E-state index in [2.05, 4.69) is 15.1 Å². The number of amides is 4. The van der Waals surface area contributed by atoms with E-state index in [1.807, 2.05) is 43.3 Å². The van der Waals surface area contributed by atoms with Gasteiger partial charge in [0.05, 0.1) is 23.7 Å². The Balaban J connectivity index is 1.26. The molecular formula is C30H39ClN6O4. The Kier molecular flexibility index (Phi) is 9.32. The second-order valence-electron chi connectivity index (χ2n) is 11.0. The predicted molar refractivity (Wildman–Crippen MR) is 160 cm³/mol. The second-order valence-corrected chi connectivity index (χ2v) is 11.4. The zero-order valence-corrected chi connectivity index (χ0v) is 24.4. The largest absolute Gasteiger partial charge is 0.395 e. The number of β-amino-alcohol motifs (C(OH)–C–C–N with tert-alkyl or cyclic N) is 1. The number of carbonyl (C=O) groups excluding carboxylic acids is 3. The zero-order chi connectivity index (χ0) is 28.9. The van der Waals surface area contributed by atoms with Crippen molar-refractivity contribution in [1.29, 1.82) is 0 Å². The molecule has 0 bridgehead atoms. The number of carbonyl (C=O) groups is 3. The van der Waals surface area contributed by atoms with Gasteiger partial charge in [-0.1, -0.05) is 29.8 Å². The van der Waals surface area contributed by atoms with Gasteiger partial charge >= 0.3 is 6.03 Å². The van der Waals surface area contributed by atoms with E-state index in [0.29, 0.717) is 49.9 Å². The minimum atomic E-state index is -0.345. The lowest BCUT2D eigenvalue weighted by molar-refractivity contribution is -0.131. The SMILES string of the molecule is C[C@@H]1CN(C(=O)c2ccc(N3CCCC3)cc2Cl)c2ccccc2CN1C(=O)NCC(=O)N1CCN(CCO)CC1. The fourth-order valence-corrected chi connectivity index (χ4v) is 6.15. The van der Waals surface area contributed by atoms with Crippen molar-refractivity contribution in [1.82, 2.24) is 20.0 Å². The fourth-order valence-electron chi connectivity index (χ4n) is 5.89. The molecule has 3 aliphatic heterocycles. The van der Waals surface area contributed by atoms with Crippen LogP contribution in [0, 0.1) is 0 Å². The summed E-state index contributed by atoms with van der Waals surface area (Å²) >= 11 is 6.67. The van der Waals surface area contributed by atoms with Gasteiger partial charge in [0, 0.05) is 76.3 Å². The third kappa shape index (κ3) is 6.60. The van der Waals surface area contributed by atoms with Crippen molar-refractivity contribution in [2.45, 2.75) is 32.4 Å². The number of halogens is 1. The molecule has 1 atom stereocenters. The number of benzene rings is 2. The van der Waals surface area contributed by atoms with E-state index in [9.17, 15) is 14.4 Å². The molecule has 220 valence electrons. The maximum absolute atomic E-state index is 13.9. The van der Waals surface area contributed by atoms with Crippen LogP contribution in [0.4, 0.5) is 16.2 Å². The van der Waals surface area contributed by atoms with Gasteiger partial charge in [0.25, 0.3) is 5.91 Å². The Labute approximate surface area is 246 Å². The van der Waals surface area contributed by atoms with Crippen LogP contribution in [0.1, 0.15) is 35.7 Å². The number of aliphatic hydroxyl groups is 1. The zero-order valence-electron chi connectivity index (χ0n) is 23.6. The van der Waals surface area contributed by atoms with Gasteiger partial charge in [-0.25, -0.2) is 4.79 Å². The highest BCUT2D eigenvalue weighted by molar-refractivity contribution is 6.35. The van der Waals surface area contributed by atoms with Crippen LogP contribution in [0.3, 0.4) is 0 Å². The third-order valence-electron chi connectivity index (χ3n) is 8.29. The van der Waals surface area contributed by atoms with Gasteiger partial charge in [-0.3, -0.25) is 14.5 Å². The Morgan fingerprint density at radius 2 is 1.73 bits per heavy atom. The third-order valence-corrected chi connectivity index (χ3v) is 8.61. The van der Waals surface area contributed by atoms with Crippen molar-refractivity contribution in [3.63, 3.8) is 0 Å². The summed E-state index contributed by atoms with van der Waals surface area (Å²) in [4.78, 5) is 49.5. The normalized spacial score (nSPS) is 19.6. The highest BCUT2D eigenvalue weighted by Gasteiger charge is 2.33.